The van der Waals surface area contributed by atoms with Crippen LogP contribution in [0.5, 0.6) is 5.88 Å². The molecule has 13 nitrogen and oxygen atoms in total. The molecule has 4 aromatic heterocycles. The number of piperidine rings is 1. The summed E-state index contributed by atoms with van der Waals surface area (Å²) in [6, 6.07) is 11.0. The zero-order chi connectivity index (χ0) is 39.8. The molecular formula is C32H32F6N6O7S3. The van der Waals surface area contributed by atoms with Gasteiger partial charge in [0.1, 0.15) is 15.3 Å². The molecule has 0 radical (unpaired) electrons. The van der Waals surface area contributed by atoms with Crippen molar-refractivity contribution in [3.63, 3.8) is 0 Å². The standard InChI is InChI=1S/C28H30N6O3S3.2C2HF3O2/c1-19(2)34(40(35,36)26-7-4-14-38-26)24-6-3-5-20-15-23(32-27(20)24)28-31-16-22(39-28)18-33-12-8-21(9-13-33)37-25-17-29-10-11-30-25;2*3-2(4,5)1(6)7/h3-7,10-11,14-17,19,21,32H,8-9,12-13,18H2,1-2H3;2*(H,6,7). The number of hydrogen-bond acceptors (Lipinski definition) is 11. The molecule has 1 fully saturated rings. The van der Waals surface area contributed by atoms with Gasteiger partial charge in [0.15, 0.2) is 0 Å². The maximum absolute atomic E-state index is 13.6. The fourth-order valence-corrected chi connectivity index (χ4v) is 8.74. The minimum atomic E-state index is -5.08. The number of likely N-dealkylation sites (tertiary alicyclic amines) is 1. The number of rotatable bonds is 9. The number of aromatic nitrogens is 4. The normalized spacial score (nSPS) is 14.2. The van der Waals surface area contributed by atoms with Gasteiger partial charge in [0.05, 0.1) is 23.1 Å². The zero-order valence-corrected chi connectivity index (χ0v) is 30.7. The van der Waals surface area contributed by atoms with Crippen LogP contribution < -0.4 is 9.04 Å². The third-order valence-corrected chi connectivity index (χ3v) is 11.7. The summed E-state index contributed by atoms with van der Waals surface area (Å²) >= 11 is 2.89. The van der Waals surface area contributed by atoms with E-state index in [0.717, 1.165) is 54.1 Å². The molecule has 1 aromatic carbocycles. The SMILES string of the molecule is CC(C)N(c1cccc2cc(-c3ncc(CN4CCC(Oc5cnccn5)CC4)s3)[nH]c12)S(=O)(=O)c1cccs1.O=C(O)C(F)(F)F.O=C(O)C(F)(F)F. The minimum absolute atomic E-state index is 0.152. The molecule has 22 heteroatoms. The lowest BCUT2D eigenvalue weighted by atomic mass is 10.1. The number of thiophene rings is 1. The molecule has 1 saturated heterocycles. The molecule has 6 rings (SSSR count). The number of fused-ring (bicyclic) bond motifs is 1. The molecule has 1 aliphatic heterocycles. The molecule has 0 unspecified atom stereocenters. The van der Waals surface area contributed by atoms with E-state index < -0.39 is 34.3 Å². The number of hydrogen-bond donors (Lipinski definition) is 3. The second-order valence-corrected chi connectivity index (χ2v) is 15.7. The monoisotopic (exact) mass is 822 g/mol. The van der Waals surface area contributed by atoms with Gasteiger partial charge in [-0.3, -0.25) is 14.2 Å². The molecule has 0 amide bonds. The first-order valence-corrected chi connectivity index (χ1v) is 18.8. The third-order valence-electron chi connectivity index (χ3n) is 7.36. The molecule has 5 heterocycles. The summed E-state index contributed by atoms with van der Waals surface area (Å²) in [5.41, 5.74) is 2.30. The van der Waals surface area contributed by atoms with E-state index in [9.17, 15) is 34.8 Å². The number of carboxylic acid groups (broad SMARTS) is 2. The smallest absolute Gasteiger partial charge is 0.475 e. The Labute approximate surface area is 311 Å². The second kappa shape index (κ2) is 17.6. The first-order valence-electron chi connectivity index (χ1n) is 15.7. The Balaban J connectivity index is 0.000000396. The number of carboxylic acids is 2. The van der Waals surface area contributed by atoms with Crippen LogP contribution in [-0.4, -0.2) is 93.0 Å². The topological polar surface area (TPSA) is 179 Å². The highest BCUT2D eigenvalue weighted by molar-refractivity contribution is 7.94. The fourth-order valence-electron chi connectivity index (χ4n) is 5.06. The summed E-state index contributed by atoms with van der Waals surface area (Å²) in [6.07, 6.45) is -1.25. The summed E-state index contributed by atoms with van der Waals surface area (Å²) < 4.78 is 98.4. The van der Waals surface area contributed by atoms with Crippen LogP contribution in [0.2, 0.25) is 0 Å². The van der Waals surface area contributed by atoms with Gasteiger partial charge in [-0.05, 0) is 50.3 Å². The molecule has 0 aliphatic carbocycles. The van der Waals surface area contributed by atoms with Crippen molar-refractivity contribution in [1.82, 2.24) is 24.8 Å². The number of carbonyl (C=O) groups is 2. The van der Waals surface area contributed by atoms with Crippen LogP contribution in [0, 0.1) is 0 Å². The zero-order valence-electron chi connectivity index (χ0n) is 28.2. The Kier molecular flexibility index (Phi) is 13.6. The number of alkyl halides is 6. The van der Waals surface area contributed by atoms with Crippen LogP contribution in [-0.2, 0) is 26.2 Å². The van der Waals surface area contributed by atoms with Crippen molar-refractivity contribution in [2.75, 3.05) is 17.4 Å². The summed E-state index contributed by atoms with van der Waals surface area (Å²) in [6.45, 7) is 6.51. The van der Waals surface area contributed by atoms with Crippen LogP contribution in [0.4, 0.5) is 32.0 Å². The molecule has 5 aromatic rings. The third kappa shape index (κ3) is 11.1. The number of sulfonamides is 1. The quantitative estimate of drug-likeness (QED) is 0.130. The van der Waals surface area contributed by atoms with Gasteiger partial charge in [-0.25, -0.2) is 28.0 Å². The largest absolute Gasteiger partial charge is 0.490 e. The van der Waals surface area contributed by atoms with E-state index in [1.54, 1.807) is 47.4 Å². The van der Waals surface area contributed by atoms with Gasteiger partial charge in [0.2, 0.25) is 5.88 Å². The number of nitrogens with zero attached hydrogens (tertiary/aromatic N) is 5. The van der Waals surface area contributed by atoms with Gasteiger partial charge in [-0.15, -0.1) is 22.7 Å². The molecule has 0 spiro atoms. The summed E-state index contributed by atoms with van der Waals surface area (Å²) in [5, 5.41) is 17.9. The predicted octanol–water partition coefficient (Wildman–Crippen LogP) is 7.06. The van der Waals surface area contributed by atoms with E-state index in [4.69, 9.17) is 29.5 Å². The van der Waals surface area contributed by atoms with Crippen molar-refractivity contribution >= 4 is 61.2 Å². The number of nitrogens with one attached hydrogen (secondary N) is 1. The van der Waals surface area contributed by atoms with Crippen LogP contribution in [0.3, 0.4) is 0 Å². The molecule has 0 saturated carbocycles. The van der Waals surface area contributed by atoms with Gasteiger partial charge in [0, 0.05) is 54.5 Å². The number of H-pyrrole nitrogens is 1. The predicted molar refractivity (Wildman–Crippen MR) is 187 cm³/mol. The number of halogens is 6. The molecule has 54 heavy (non-hydrogen) atoms. The first-order chi connectivity index (χ1) is 25.3. The number of thiazole rings is 1. The van der Waals surface area contributed by atoms with E-state index in [1.165, 1.54) is 20.5 Å². The van der Waals surface area contributed by atoms with Gasteiger partial charge >= 0.3 is 24.3 Å². The van der Waals surface area contributed by atoms with Gasteiger partial charge in [-0.2, -0.15) is 26.3 Å². The number of benzene rings is 1. The number of ether oxygens (including phenoxy) is 1. The maximum Gasteiger partial charge on any atom is 0.490 e. The van der Waals surface area contributed by atoms with E-state index >= 15 is 0 Å². The van der Waals surface area contributed by atoms with E-state index in [-0.39, 0.29) is 12.1 Å². The van der Waals surface area contributed by atoms with Crippen molar-refractivity contribution in [2.24, 2.45) is 0 Å². The Morgan fingerprint density at radius 3 is 2.19 bits per heavy atom. The molecule has 1 aliphatic rings. The molecular weight excluding hydrogens is 791 g/mol. The Morgan fingerprint density at radius 2 is 1.65 bits per heavy atom. The maximum atomic E-state index is 13.6. The average Bonchev–Trinajstić information content (AvgIpc) is 3.88. The van der Waals surface area contributed by atoms with Crippen molar-refractivity contribution < 1.29 is 59.3 Å². The number of aromatic amines is 1. The van der Waals surface area contributed by atoms with Crippen LogP contribution in [0.25, 0.3) is 21.6 Å². The Bertz CT molecular complexity index is 2080. The van der Waals surface area contributed by atoms with E-state index in [0.29, 0.717) is 15.8 Å². The summed E-state index contributed by atoms with van der Waals surface area (Å²) in [5.74, 6) is -4.94. The number of para-hydroxylation sites is 1. The lowest BCUT2D eigenvalue weighted by Gasteiger charge is -2.31. The molecule has 0 bridgehead atoms. The Morgan fingerprint density at radius 1 is 1.00 bits per heavy atom. The van der Waals surface area contributed by atoms with E-state index in [2.05, 4.69) is 19.9 Å². The van der Waals surface area contributed by atoms with Crippen molar-refractivity contribution in [2.45, 2.75) is 61.9 Å². The average molecular weight is 823 g/mol. The van der Waals surface area contributed by atoms with Gasteiger partial charge in [-0.1, -0.05) is 18.2 Å². The molecule has 0 atom stereocenters. The minimum Gasteiger partial charge on any atom is -0.475 e. The number of anilines is 1. The van der Waals surface area contributed by atoms with Gasteiger partial charge in [0.25, 0.3) is 10.0 Å². The van der Waals surface area contributed by atoms with Crippen LogP contribution in [0.15, 0.2) is 70.8 Å². The van der Waals surface area contributed by atoms with E-state index in [1.807, 2.05) is 44.3 Å². The fraction of sp³-hybridized carbons (Fsp3) is 0.344. The first kappa shape index (κ1) is 41.9. The van der Waals surface area contributed by atoms with Crippen molar-refractivity contribution in [3.8, 4) is 16.6 Å². The van der Waals surface area contributed by atoms with Crippen molar-refractivity contribution in [3.05, 3.63) is 71.4 Å². The number of aliphatic carboxylic acids is 2. The van der Waals surface area contributed by atoms with Gasteiger partial charge < -0.3 is 19.9 Å². The lowest BCUT2D eigenvalue weighted by molar-refractivity contribution is -0.193. The highest BCUT2D eigenvalue weighted by Crippen LogP contribution is 2.37. The highest BCUT2D eigenvalue weighted by Gasteiger charge is 2.39. The van der Waals surface area contributed by atoms with Crippen molar-refractivity contribution in [1.29, 1.82) is 0 Å². The van der Waals surface area contributed by atoms with Crippen LogP contribution >= 0.6 is 22.7 Å². The highest BCUT2D eigenvalue weighted by atomic mass is 32.2. The summed E-state index contributed by atoms with van der Waals surface area (Å²) in [4.78, 5) is 37.9. The molecule has 292 valence electrons. The van der Waals surface area contributed by atoms with Crippen LogP contribution in [0.1, 0.15) is 31.6 Å². The molecule has 3 N–H and O–H groups in total. The summed E-state index contributed by atoms with van der Waals surface area (Å²) in [7, 11) is -3.69. The lowest BCUT2D eigenvalue weighted by Crippen LogP contribution is -2.37. The Hall–Kier alpha value is -4.80. The second-order valence-electron chi connectivity index (χ2n) is 11.6.